The molecule has 2 aromatic heterocycles. The third-order valence-electron chi connectivity index (χ3n) is 4.23. The monoisotopic (exact) mass is 462 g/mol. The van der Waals surface area contributed by atoms with Crippen molar-refractivity contribution in [1.29, 1.82) is 0 Å². The number of rotatable bonds is 6. The average Bonchev–Trinajstić information content (AvgIpc) is 3.27. The molecule has 3 amide bonds. The minimum atomic E-state index is -4.77. The number of nitrogens with two attached hydrogens (primary N) is 1. The topological polar surface area (TPSA) is 132 Å². The Morgan fingerprint density at radius 1 is 1.12 bits per heavy atom. The van der Waals surface area contributed by atoms with Crippen LogP contribution in [0.25, 0.3) is 5.69 Å². The molecule has 12 heteroatoms. The first-order valence-corrected chi connectivity index (χ1v) is 9.54. The highest BCUT2D eigenvalue weighted by Crippen LogP contribution is 2.31. The van der Waals surface area contributed by atoms with Crippen molar-refractivity contribution in [3.63, 3.8) is 0 Å². The number of pyridine rings is 1. The van der Waals surface area contributed by atoms with Gasteiger partial charge in [0.2, 0.25) is 6.41 Å². The summed E-state index contributed by atoms with van der Waals surface area (Å²) in [5.74, 6) is -1.20. The molecule has 3 rings (SSSR count). The number of alkyl halides is 3. The lowest BCUT2D eigenvalue weighted by atomic mass is 10.2. The van der Waals surface area contributed by atoms with Crippen LogP contribution in [0.4, 0.5) is 13.2 Å². The molecule has 0 unspecified atom stereocenters. The fourth-order valence-electron chi connectivity index (χ4n) is 2.71. The predicted octanol–water partition coefficient (Wildman–Crippen LogP) is 1.72. The molecule has 0 atom stereocenters. The van der Waals surface area contributed by atoms with E-state index in [1.165, 1.54) is 19.3 Å². The van der Waals surface area contributed by atoms with E-state index in [0.717, 1.165) is 16.4 Å². The highest BCUT2D eigenvalue weighted by molar-refractivity contribution is 5.95. The first-order valence-electron chi connectivity index (χ1n) is 9.54. The van der Waals surface area contributed by atoms with Crippen molar-refractivity contribution in [2.45, 2.75) is 12.6 Å². The summed E-state index contributed by atoms with van der Waals surface area (Å²) in [6.07, 6.45) is -1.65. The van der Waals surface area contributed by atoms with Crippen LogP contribution in [0.3, 0.4) is 0 Å². The normalized spacial score (nSPS) is 10.5. The Morgan fingerprint density at radius 2 is 1.79 bits per heavy atom. The van der Waals surface area contributed by atoms with Crippen molar-refractivity contribution in [3.8, 4) is 5.69 Å². The quantitative estimate of drug-likeness (QED) is 0.480. The minimum absolute atomic E-state index is 0.0909. The van der Waals surface area contributed by atoms with Crippen molar-refractivity contribution in [1.82, 2.24) is 25.4 Å². The number of aromatic nitrogens is 3. The summed E-state index contributed by atoms with van der Waals surface area (Å²) in [5.41, 5.74) is 3.73. The number of amides is 3. The zero-order valence-corrected chi connectivity index (χ0v) is 17.5. The van der Waals surface area contributed by atoms with Crippen LogP contribution in [-0.2, 0) is 17.4 Å². The molecule has 2 heterocycles. The third kappa shape index (κ3) is 6.89. The van der Waals surface area contributed by atoms with Gasteiger partial charge in [0, 0.05) is 26.0 Å². The van der Waals surface area contributed by atoms with Gasteiger partial charge in [-0.15, -0.1) is 0 Å². The Balaban J connectivity index is 0.00000122. The smallest absolute Gasteiger partial charge is 0.372 e. The van der Waals surface area contributed by atoms with Gasteiger partial charge in [0.05, 0.1) is 11.3 Å². The van der Waals surface area contributed by atoms with Crippen LogP contribution in [0, 0.1) is 0 Å². The second kappa shape index (κ2) is 11.4. The Hall–Kier alpha value is -4.22. The summed E-state index contributed by atoms with van der Waals surface area (Å²) in [5, 5.41) is 8.48. The van der Waals surface area contributed by atoms with Gasteiger partial charge in [0.25, 0.3) is 11.8 Å². The van der Waals surface area contributed by atoms with Crippen LogP contribution in [0.15, 0.2) is 54.9 Å². The van der Waals surface area contributed by atoms with E-state index < -0.39 is 23.3 Å². The van der Waals surface area contributed by atoms with Gasteiger partial charge in [-0.25, -0.2) is 4.68 Å². The van der Waals surface area contributed by atoms with Crippen molar-refractivity contribution >= 4 is 18.2 Å². The van der Waals surface area contributed by atoms with Gasteiger partial charge in [-0.2, -0.15) is 18.3 Å². The van der Waals surface area contributed by atoms with Gasteiger partial charge in [-0.1, -0.05) is 24.3 Å². The van der Waals surface area contributed by atoms with Gasteiger partial charge in [0.1, 0.15) is 5.69 Å². The van der Waals surface area contributed by atoms with Crippen molar-refractivity contribution < 1.29 is 27.6 Å². The second-order valence-corrected chi connectivity index (χ2v) is 6.44. The minimum Gasteiger partial charge on any atom is -0.372 e. The van der Waals surface area contributed by atoms with Gasteiger partial charge >= 0.3 is 6.18 Å². The zero-order valence-electron chi connectivity index (χ0n) is 17.5. The highest BCUT2D eigenvalue weighted by atomic mass is 19.4. The lowest BCUT2D eigenvalue weighted by Gasteiger charge is -2.07. The summed E-state index contributed by atoms with van der Waals surface area (Å²) in [4.78, 5) is 36.5. The van der Waals surface area contributed by atoms with Crippen LogP contribution >= 0.6 is 0 Å². The number of hydrogen-bond acceptors (Lipinski definition) is 5. The molecule has 0 bridgehead atoms. The van der Waals surface area contributed by atoms with Gasteiger partial charge in [-0.3, -0.25) is 19.4 Å². The molecular weight excluding hydrogens is 441 g/mol. The molecule has 0 aliphatic heterocycles. The van der Waals surface area contributed by atoms with E-state index in [1.807, 2.05) is 0 Å². The number of nitrogens with one attached hydrogen (secondary N) is 2. The largest absolute Gasteiger partial charge is 0.435 e. The van der Waals surface area contributed by atoms with Crippen LogP contribution in [0.2, 0.25) is 0 Å². The number of carbonyl (C=O) groups is 3. The molecule has 4 N–H and O–H groups in total. The average molecular weight is 462 g/mol. The highest BCUT2D eigenvalue weighted by Gasteiger charge is 2.39. The van der Waals surface area contributed by atoms with Crippen molar-refractivity contribution in [2.24, 2.45) is 5.73 Å². The van der Waals surface area contributed by atoms with E-state index in [2.05, 4.69) is 26.4 Å². The van der Waals surface area contributed by atoms with Crippen LogP contribution in [0.5, 0.6) is 0 Å². The fourth-order valence-corrected chi connectivity index (χ4v) is 2.71. The van der Waals surface area contributed by atoms with Crippen LogP contribution < -0.4 is 16.4 Å². The molecule has 174 valence electrons. The molecule has 3 aromatic rings. The Labute approximate surface area is 186 Å². The maximum atomic E-state index is 13.4. The molecule has 0 radical (unpaired) electrons. The van der Waals surface area contributed by atoms with E-state index in [1.54, 1.807) is 36.4 Å². The molecule has 33 heavy (non-hydrogen) atoms. The Bertz CT molecular complexity index is 1080. The number of nitrogens with zero attached hydrogens (tertiary/aromatic N) is 3. The molecule has 1 aromatic carbocycles. The molecule has 0 aliphatic rings. The van der Waals surface area contributed by atoms with Gasteiger partial charge in [-0.05, 0) is 30.2 Å². The van der Waals surface area contributed by atoms with Gasteiger partial charge in [0.15, 0.2) is 5.69 Å². The SMILES string of the molecule is CNC(=O)c1ccc(CCNC(=O)c2cn(-c3ccccc3)nc2C(F)(F)F)cn1.NC=O. The molecule has 0 saturated heterocycles. The molecule has 9 nitrogen and oxygen atoms in total. The number of para-hydroxylation sites is 1. The first kappa shape index (κ1) is 25.0. The fraction of sp³-hybridized carbons (Fsp3) is 0.190. The molecule has 0 saturated carbocycles. The lowest BCUT2D eigenvalue weighted by molar-refractivity contribution is -0.141. The predicted molar refractivity (Wildman–Crippen MR) is 112 cm³/mol. The van der Waals surface area contributed by atoms with E-state index >= 15 is 0 Å². The number of hydrogen-bond donors (Lipinski definition) is 3. The molecule has 0 spiro atoms. The zero-order chi connectivity index (χ0) is 24.4. The van der Waals surface area contributed by atoms with Crippen molar-refractivity contribution in [3.05, 3.63) is 77.4 Å². The van der Waals surface area contributed by atoms with E-state index in [0.29, 0.717) is 12.1 Å². The summed E-state index contributed by atoms with van der Waals surface area (Å²) in [6, 6.07) is 11.4. The van der Waals surface area contributed by atoms with Gasteiger partial charge < -0.3 is 16.4 Å². The van der Waals surface area contributed by atoms with Crippen LogP contribution in [0.1, 0.15) is 32.1 Å². The maximum absolute atomic E-state index is 13.4. The number of benzene rings is 1. The summed E-state index contributed by atoms with van der Waals surface area (Å²) in [7, 11) is 1.49. The summed E-state index contributed by atoms with van der Waals surface area (Å²) >= 11 is 0. The number of halogens is 3. The molecular formula is C21H21F3N6O3. The third-order valence-corrected chi connectivity index (χ3v) is 4.23. The van der Waals surface area contributed by atoms with E-state index in [9.17, 15) is 22.8 Å². The van der Waals surface area contributed by atoms with Crippen molar-refractivity contribution in [2.75, 3.05) is 13.6 Å². The Morgan fingerprint density at radius 3 is 2.33 bits per heavy atom. The summed E-state index contributed by atoms with van der Waals surface area (Å²) < 4.78 is 41.1. The van der Waals surface area contributed by atoms with E-state index in [-0.39, 0.29) is 24.6 Å². The van der Waals surface area contributed by atoms with E-state index in [4.69, 9.17) is 4.79 Å². The number of primary amides is 1. The van der Waals surface area contributed by atoms with Crippen LogP contribution in [-0.4, -0.2) is 46.6 Å². The standard InChI is InChI=1S/C20H18F3N5O2.CH3NO/c1-24-19(30)16-8-7-13(11-26-16)9-10-25-18(29)15-12-28(14-5-3-2-4-6-14)27-17(15)20(21,22)23;2-1-3/h2-8,11-12H,9-10H2,1H3,(H,24,30)(H,25,29);1H,(H2,2,3). The lowest BCUT2D eigenvalue weighted by Crippen LogP contribution is -2.27. The maximum Gasteiger partial charge on any atom is 0.435 e. The Kier molecular flexibility index (Phi) is 8.66. The molecule has 0 fully saturated rings. The first-order chi connectivity index (χ1) is 15.7. The second-order valence-electron chi connectivity index (χ2n) is 6.44. The summed E-state index contributed by atoms with van der Waals surface area (Å²) in [6.45, 7) is 0.0909. The molecule has 0 aliphatic carbocycles. The number of carbonyl (C=O) groups excluding carboxylic acids is 3.